The number of carbonyl (C=O) groups is 1. The van der Waals surface area contributed by atoms with E-state index in [0.29, 0.717) is 5.56 Å². The third kappa shape index (κ3) is 5.40. The summed E-state index contributed by atoms with van der Waals surface area (Å²) in [4.78, 5) is 11.7. The van der Waals surface area contributed by atoms with Gasteiger partial charge in [0.05, 0.1) is 13.5 Å². The fourth-order valence-electron chi connectivity index (χ4n) is 1.78. The van der Waals surface area contributed by atoms with E-state index in [9.17, 15) is 18.0 Å². The van der Waals surface area contributed by atoms with E-state index >= 15 is 0 Å². The fourth-order valence-corrected chi connectivity index (χ4v) is 2.33. The van der Waals surface area contributed by atoms with Crippen molar-refractivity contribution in [3.63, 3.8) is 0 Å². The number of rotatable bonds is 5. The number of aromatic nitrogens is 2. The van der Waals surface area contributed by atoms with Crippen molar-refractivity contribution in [2.75, 3.05) is 12.4 Å². The molecule has 0 unspecified atom stereocenters. The summed E-state index contributed by atoms with van der Waals surface area (Å²) in [6.07, 6.45) is -5.35. The van der Waals surface area contributed by atoms with Crippen LogP contribution in [0, 0.1) is 0 Å². The number of amides is 2. The molecule has 0 spiro atoms. The van der Waals surface area contributed by atoms with Crippen LogP contribution in [-0.2, 0) is 13.0 Å². The molecule has 0 fully saturated rings. The van der Waals surface area contributed by atoms with Gasteiger partial charge in [-0.15, -0.1) is 5.10 Å². The van der Waals surface area contributed by atoms with Gasteiger partial charge >= 0.3 is 12.2 Å². The Morgan fingerprint density at radius 1 is 1.26 bits per heavy atom. The lowest BCUT2D eigenvalue weighted by Gasteiger charge is -2.12. The molecule has 0 atom stereocenters. The van der Waals surface area contributed by atoms with Gasteiger partial charge in [-0.05, 0) is 22.5 Å². The zero-order chi connectivity index (χ0) is 16.9. The molecule has 2 rings (SSSR count). The molecule has 23 heavy (non-hydrogen) atoms. The van der Waals surface area contributed by atoms with Gasteiger partial charge in [0.1, 0.15) is 0 Å². The van der Waals surface area contributed by atoms with Crippen molar-refractivity contribution < 1.29 is 22.7 Å². The third-order valence-corrected chi connectivity index (χ3v) is 3.55. The molecule has 6 nitrogen and oxygen atoms in total. The summed E-state index contributed by atoms with van der Waals surface area (Å²) in [5.41, 5.74) is 0.521. The monoisotopic (exact) mass is 346 g/mol. The van der Waals surface area contributed by atoms with Crippen LogP contribution in [0.3, 0.4) is 0 Å². The SMILES string of the molecule is COc1nnc(NC(=O)NCc2ccccc2CC(F)(F)F)s1. The standard InChI is InChI=1S/C13H13F3N4O2S/c1-22-12-20-19-11(23-12)18-10(21)17-7-9-5-3-2-4-8(9)6-13(14,15)16/h2-5H,6-7H2,1H3,(H2,17,18,19,21). The summed E-state index contributed by atoms with van der Waals surface area (Å²) in [6, 6.07) is 5.47. The number of nitrogens with zero attached hydrogens (tertiary/aromatic N) is 2. The lowest BCUT2D eigenvalue weighted by molar-refractivity contribution is -0.127. The average Bonchev–Trinajstić information content (AvgIpc) is 2.92. The van der Waals surface area contributed by atoms with Crippen molar-refractivity contribution in [1.29, 1.82) is 0 Å². The first-order valence-corrected chi connectivity index (χ1v) is 7.25. The van der Waals surface area contributed by atoms with Crippen LogP contribution in [0.5, 0.6) is 5.19 Å². The Labute approximate surface area is 133 Å². The molecule has 1 aromatic heterocycles. The Morgan fingerprint density at radius 2 is 1.96 bits per heavy atom. The summed E-state index contributed by atoms with van der Waals surface area (Å²) in [5.74, 6) is 0. The van der Waals surface area contributed by atoms with Gasteiger partial charge in [-0.25, -0.2) is 4.79 Å². The molecule has 0 aliphatic rings. The molecular weight excluding hydrogens is 333 g/mol. The van der Waals surface area contributed by atoms with E-state index in [1.807, 2.05) is 0 Å². The number of alkyl halides is 3. The van der Waals surface area contributed by atoms with Gasteiger partial charge < -0.3 is 10.1 Å². The molecule has 1 aromatic carbocycles. The van der Waals surface area contributed by atoms with Crippen LogP contribution in [0.2, 0.25) is 0 Å². The second kappa shape index (κ2) is 7.27. The molecule has 0 aliphatic carbocycles. The van der Waals surface area contributed by atoms with Crippen molar-refractivity contribution in [2.24, 2.45) is 0 Å². The van der Waals surface area contributed by atoms with Crippen LogP contribution >= 0.6 is 11.3 Å². The van der Waals surface area contributed by atoms with Crippen molar-refractivity contribution in [3.8, 4) is 5.19 Å². The van der Waals surface area contributed by atoms with Crippen LogP contribution in [0.1, 0.15) is 11.1 Å². The Hall–Kier alpha value is -2.36. The van der Waals surface area contributed by atoms with E-state index in [2.05, 4.69) is 20.8 Å². The Bertz CT molecular complexity index is 675. The van der Waals surface area contributed by atoms with E-state index < -0.39 is 18.6 Å². The molecule has 10 heteroatoms. The molecule has 1 heterocycles. The van der Waals surface area contributed by atoms with E-state index in [-0.39, 0.29) is 22.4 Å². The van der Waals surface area contributed by atoms with Gasteiger partial charge in [-0.2, -0.15) is 13.2 Å². The topological polar surface area (TPSA) is 76.1 Å². The number of ether oxygens (including phenoxy) is 1. The van der Waals surface area contributed by atoms with Crippen molar-refractivity contribution in [3.05, 3.63) is 35.4 Å². The number of hydrogen-bond donors (Lipinski definition) is 2. The second-order valence-corrected chi connectivity index (χ2v) is 5.39. The summed E-state index contributed by atoms with van der Waals surface area (Å²) in [5, 5.41) is 12.7. The van der Waals surface area contributed by atoms with Crippen LogP contribution in [0.4, 0.5) is 23.1 Å². The van der Waals surface area contributed by atoms with E-state index in [1.54, 1.807) is 6.07 Å². The van der Waals surface area contributed by atoms with Crippen LogP contribution in [0.15, 0.2) is 24.3 Å². The van der Waals surface area contributed by atoms with E-state index in [1.165, 1.54) is 25.3 Å². The fraction of sp³-hybridized carbons (Fsp3) is 0.308. The quantitative estimate of drug-likeness (QED) is 0.873. The molecule has 0 radical (unpaired) electrons. The summed E-state index contributed by atoms with van der Waals surface area (Å²) >= 11 is 1.03. The minimum atomic E-state index is -4.30. The molecule has 2 amide bonds. The highest BCUT2D eigenvalue weighted by Crippen LogP contribution is 2.24. The molecule has 0 aliphatic heterocycles. The minimum Gasteiger partial charge on any atom is -0.472 e. The second-order valence-electron chi connectivity index (χ2n) is 4.45. The highest BCUT2D eigenvalue weighted by Gasteiger charge is 2.28. The number of halogens is 3. The lowest BCUT2D eigenvalue weighted by atomic mass is 10.0. The molecule has 0 saturated carbocycles. The zero-order valence-corrected chi connectivity index (χ0v) is 12.8. The molecular formula is C13H13F3N4O2S. The van der Waals surface area contributed by atoms with Gasteiger partial charge in [0.15, 0.2) is 0 Å². The van der Waals surface area contributed by atoms with Crippen molar-refractivity contribution >= 4 is 22.5 Å². The van der Waals surface area contributed by atoms with Crippen molar-refractivity contribution in [1.82, 2.24) is 15.5 Å². The maximum Gasteiger partial charge on any atom is 0.393 e. The first-order chi connectivity index (χ1) is 10.9. The summed E-state index contributed by atoms with van der Waals surface area (Å²) in [6.45, 7) is -0.0337. The van der Waals surface area contributed by atoms with Gasteiger partial charge in [-0.3, -0.25) is 5.32 Å². The Kier molecular flexibility index (Phi) is 5.37. The van der Waals surface area contributed by atoms with Gasteiger partial charge in [0.25, 0.3) is 5.19 Å². The lowest BCUT2D eigenvalue weighted by Crippen LogP contribution is -2.28. The highest BCUT2D eigenvalue weighted by atomic mass is 32.1. The smallest absolute Gasteiger partial charge is 0.393 e. The number of methoxy groups -OCH3 is 1. The average molecular weight is 346 g/mol. The number of benzene rings is 1. The van der Waals surface area contributed by atoms with Crippen LogP contribution < -0.4 is 15.4 Å². The molecule has 0 bridgehead atoms. The number of anilines is 1. The molecule has 124 valence electrons. The van der Waals surface area contributed by atoms with Crippen LogP contribution in [0.25, 0.3) is 0 Å². The largest absolute Gasteiger partial charge is 0.472 e. The summed E-state index contributed by atoms with van der Waals surface area (Å²) in [7, 11) is 1.42. The predicted octanol–water partition coefficient (Wildman–Crippen LogP) is 2.97. The maximum atomic E-state index is 12.5. The number of hydrogen-bond acceptors (Lipinski definition) is 5. The normalized spacial score (nSPS) is 11.1. The number of urea groups is 1. The molecule has 2 aromatic rings. The Morgan fingerprint density at radius 3 is 2.57 bits per heavy atom. The Balaban J connectivity index is 1.93. The summed E-state index contributed by atoms with van der Waals surface area (Å²) < 4.78 is 42.4. The predicted molar refractivity (Wildman–Crippen MR) is 78.5 cm³/mol. The number of nitrogens with one attached hydrogen (secondary N) is 2. The third-order valence-electron chi connectivity index (χ3n) is 2.75. The van der Waals surface area contributed by atoms with Gasteiger partial charge in [-0.1, -0.05) is 29.4 Å². The van der Waals surface area contributed by atoms with Gasteiger partial charge in [0, 0.05) is 6.54 Å². The highest BCUT2D eigenvalue weighted by molar-refractivity contribution is 7.17. The first-order valence-electron chi connectivity index (χ1n) is 6.43. The van der Waals surface area contributed by atoms with Gasteiger partial charge in [0.2, 0.25) is 5.13 Å². The minimum absolute atomic E-state index is 0.0337. The zero-order valence-electron chi connectivity index (χ0n) is 12.0. The van der Waals surface area contributed by atoms with Crippen LogP contribution in [-0.4, -0.2) is 29.5 Å². The molecule has 2 N–H and O–H groups in total. The van der Waals surface area contributed by atoms with E-state index in [0.717, 1.165) is 11.3 Å². The first kappa shape index (κ1) is 17.0. The van der Waals surface area contributed by atoms with Crippen molar-refractivity contribution in [2.45, 2.75) is 19.1 Å². The number of carbonyl (C=O) groups excluding carboxylic acids is 1. The maximum absolute atomic E-state index is 12.5. The molecule has 0 saturated heterocycles. The van der Waals surface area contributed by atoms with E-state index in [4.69, 9.17) is 4.74 Å².